The van der Waals surface area contributed by atoms with Crippen LogP contribution in [0.25, 0.3) is 22.0 Å². The quantitative estimate of drug-likeness (QED) is 0.268. The van der Waals surface area contributed by atoms with Crippen molar-refractivity contribution in [1.29, 1.82) is 0 Å². The summed E-state index contributed by atoms with van der Waals surface area (Å²) in [5, 5.41) is 3.07. The number of aromatic nitrogens is 4. The van der Waals surface area contributed by atoms with Crippen LogP contribution in [0.4, 0.5) is 19.5 Å². The van der Waals surface area contributed by atoms with Gasteiger partial charge in [-0.2, -0.15) is 8.78 Å². The van der Waals surface area contributed by atoms with E-state index in [0.717, 1.165) is 5.56 Å². The van der Waals surface area contributed by atoms with Crippen molar-refractivity contribution in [2.75, 3.05) is 38.1 Å². The van der Waals surface area contributed by atoms with Crippen LogP contribution in [0.2, 0.25) is 0 Å². The molecule has 45 heavy (non-hydrogen) atoms. The summed E-state index contributed by atoms with van der Waals surface area (Å²) in [5.41, 5.74) is 8.21. The minimum absolute atomic E-state index is 0.00724. The number of halogens is 2. The number of carbonyl (C=O) groups excluding carboxylic acids is 2. The van der Waals surface area contributed by atoms with Gasteiger partial charge in [-0.05, 0) is 42.3 Å². The molecule has 1 aliphatic rings. The highest BCUT2D eigenvalue weighted by atomic mass is 19.3. The van der Waals surface area contributed by atoms with Crippen molar-refractivity contribution in [3.8, 4) is 16.9 Å². The first kappa shape index (κ1) is 31.4. The number of hydrogen-bond acceptors (Lipinski definition) is 9. The molecule has 1 aliphatic heterocycles. The summed E-state index contributed by atoms with van der Waals surface area (Å²) in [6.45, 7) is 0.632. The van der Waals surface area contributed by atoms with Gasteiger partial charge in [0, 0.05) is 63.8 Å². The highest BCUT2D eigenvalue weighted by Gasteiger charge is 2.22. The number of carbonyl (C=O) groups is 2. The second kappa shape index (κ2) is 13.3. The van der Waals surface area contributed by atoms with Crippen molar-refractivity contribution in [1.82, 2.24) is 29.5 Å². The smallest absolute Gasteiger partial charge is 0.387 e. The molecule has 1 fully saturated rings. The fraction of sp³-hybridized carbons (Fsp3) is 0.367. The molecular weight excluding hydrogens is 590 g/mol. The van der Waals surface area contributed by atoms with Crippen LogP contribution in [0.1, 0.15) is 18.1 Å². The minimum atomic E-state index is -3.06. The lowest BCUT2D eigenvalue weighted by Crippen LogP contribution is -2.51. The van der Waals surface area contributed by atoms with Crippen LogP contribution in [0.3, 0.4) is 0 Å². The first-order chi connectivity index (χ1) is 21.5. The minimum Gasteiger partial charge on any atom is -0.460 e. The number of esters is 1. The molecule has 0 aliphatic carbocycles. The van der Waals surface area contributed by atoms with Gasteiger partial charge in [-0.25, -0.2) is 14.8 Å². The van der Waals surface area contributed by atoms with Gasteiger partial charge in [0.25, 0.3) is 5.56 Å². The van der Waals surface area contributed by atoms with E-state index in [2.05, 4.69) is 15.3 Å². The Morgan fingerprint density at radius 3 is 2.40 bits per heavy atom. The molecule has 2 amide bonds. The fourth-order valence-electron chi connectivity index (χ4n) is 5.15. The van der Waals surface area contributed by atoms with Crippen LogP contribution in [0, 0.1) is 0 Å². The third kappa shape index (κ3) is 6.87. The number of amides is 2. The number of anilines is 1. The Morgan fingerprint density at radius 1 is 1.04 bits per heavy atom. The summed E-state index contributed by atoms with van der Waals surface area (Å²) in [6.07, 6.45) is 3.39. The molecule has 1 atom stereocenters. The predicted molar refractivity (Wildman–Crippen MR) is 162 cm³/mol. The van der Waals surface area contributed by atoms with Gasteiger partial charge >= 0.3 is 18.6 Å². The van der Waals surface area contributed by atoms with Crippen LogP contribution in [0.15, 0.2) is 53.6 Å². The van der Waals surface area contributed by atoms with Gasteiger partial charge in [0.1, 0.15) is 18.4 Å². The number of benzene rings is 2. The van der Waals surface area contributed by atoms with E-state index in [1.807, 2.05) is 11.0 Å². The maximum atomic E-state index is 13.3. The zero-order valence-electron chi connectivity index (χ0n) is 25.1. The summed E-state index contributed by atoms with van der Waals surface area (Å²) in [4.78, 5) is 49.7. The van der Waals surface area contributed by atoms with E-state index in [1.165, 1.54) is 23.7 Å². The van der Waals surface area contributed by atoms with E-state index in [-0.39, 0.29) is 30.5 Å². The van der Waals surface area contributed by atoms with Crippen molar-refractivity contribution < 1.29 is 27.8 Å². The normalized spacial score (nSPS) is 14.1. The average Bonchev–Trinajstić information content (AvgIpc) is 3.28. The van der Waals surface area contributed by atoms with E-state index in [9.17, 15) is 23.2 Å². The molecule has 0 radical (unpaired) electrons. The Bertz CT molecular complexity index is 1750. The summed E-state index contributed by atoms with van der Waals surface area (Å²) in [7, 11) is 3.19. The maximum absolute atomic E-state index is 13.3. The molecule has 0 unspecified atom stereocenters. The Hall–Kier alpha value is -5.05. The van der Waals surface area contributed by atoms with Crippen molar-refractivity contribution in [2.45, 2.75) is 32.7 Å². The van der Waals surface area contributed by atoms with E-state index in [4.69, 9.17) is 15.2 Å². The first-order valence-corrected chi connectivity index (χ1v) is 14.3. The monoisotopic (exact) mass is 624 g/mol. The fourth-order valence-corrected chi connectivity index (χ4v) is 5.15. The zero-order chi connectivity index (χ0) is 32.2. The highest BCUT2D eigenvalue weighted by molar-refractivity contribution is 5.84. The second-order valence-corrected chi connectivity index (χ2v) is 10.6. The summed E-state index contributed by atoms with van der Waals surface area (Å²) < 4.78 is 39.6. The SMILES string of the molecule is CNC(=O)N1CCN(c2ncc(-c3ccc4c(=O)n(C)n(Cc5cc(COC(=O)[C@H](C)N)ccc5OC(F)F)c4c3)cn2)CC1. The van der Waals surface area contributed by atoms with E-state index in [0.29, 0.717) is 59.7 Å². The van der Waals surface area contributed by atoms with E-state index < -0.39 is 18.6 Å². The number of urea groups is 1. The van der Waals surface area contributed by atoms with Crippen LogP contribution in [-0.4, -0.2) is 82.1 Å². The van der Waals surface area contributed by atoms with Crippen molar-refractivity contribution in [2.24, 2.45) is 12.8 Å². The molecule has 5 rings (SSSR count). The van der Waals surface area contributed by atoms with Crippen molar-refractivity contribution >= 4 is 28.9 Å². The van der Waals surface area contributed by atoms with Crippen LogP contribution in [0.5, 0.6) is 5.75 Å². The number of rotatable bonds is 9. The Balaban J connectivity index is 1.42. The standard InChI is InChI=1S/C30H34F2N8O5/c1-18(33)27(42)44-17-19-4-7-25(45-28(31)32)21(12-19)16-40-24-13-20(5-6-23(24)26(41)37(40)3)22-14-35-29(36-15-22)38-8-10-39(11-9-38)30(43)34-2/h4-7,12-15,18,28H,8-11,16-17,33H2,1-3H3,(H,34,43)/t18-/m0/s1. The predicted octanol–water partition coefficient (Wildman–Crippen LogP) is 2.30. The molecule has 2 aromatic carbocycles. The molecule has 2 aromatic heterocycles. The molecule has 238 valence electrons. The van der Waals surface area contributed by atoms with Gasteiger partial charge < -0.3 is 30.3 Å². The number of fused-ring (bicyclic) bond motifs is 1. The third-order valence-electron chi connectivity index (χ3n) is 7.61. The topological polar surface area (TPSA) is 150 Å². The van der Waals surface area contributed by atoms with Crippen molar-refractivity contribution in [3.05, 3.63) is 70.3 Å². The van der Waals surface area contributed by atoms with Gasteiger partial charge in [0.15, 0.2) is 0 Å². The van der Waals surface area contributed by atoms with E-state index in [1.54, 1.807) is 54.3 Å². The molecule has 3 N–H and O–H groups in total. The van der Waals surface area contributed by atoms with Crippen LogP contribution in [-0.2, 0) is 29.7 Å². The Morgan fingerprint density at radius 2 is 1.76 bits per heavy atom. The first-order valence-electron chi connectivity index (χ1n) is 14.3. The maximum Gasteiger partial charge on any atom is 0.387 e. The Labute approximate surface area is 257 Å². The van der Waals surface area contributed by atoms with Gasteiger partial charge in [-0.3, -0.25) is 19.0 Å². The summed E-state index contributed by atoms with van der Waals surface area (Å²) in [5.74, 6) is -0.125. The van der Waals surface area contributed by atoms with Gasteiger partial charge in [0.2, 0.25) is 5.95 Å². The molecular formula is C30H34F2N8O5. The number of piperazine rings is 1. The lowest BCUT2D eigenvalue weighted by Gasteiger charge is -2.34. The summed E-state index contributed by atoms with van der Waals surface area (Å²) in [6, 6.07) is 8.88. The number of ether oxygens (including phenoxy) is 2. The van der Waals surface area contributed by atoms with E-state index >= 15 is 0 Å². The van der Waals surface area contributed by atoms with Crippen molar-refractivity contribution in [3.63, 3.8) is 0 Å². The number of alkyl halides is 2. The third-order valence-corrected chi connectivity index (χ3v) is 7.61. The van der Waals surface area contributed by atoms with Gasteiger partial charge in [-0.15, -0.1) is 0 Å². The molecule has 4 aromatic rings. The molecule has 0 spiro atoms. The number of hydrogen-bond donors (Lipinski definition) is 2. The molecule has 3 heterocycles. The van der Waals surface area contributed by atoms with Gasteiger partial charge in [-0.1, -0.05) is 12.1 Å². The van der Waals surface area contributed by atoms with Gasteiger partial charge in [0.05, 0.1) is 17.4 Å². The van der Waals surface area contributed by atoms with Crippen LogP contribution < -0.4 is 26.2 Å². The van der Waals surface area contributed by atoms with Crippen LogP contribution >= 0.6 is 0 Å². The lowest BCUT2D eigenvalue weighted by atomic mass is 10.1. The zero-order valence-corrected chi connectivity index (χ0v) is 25.1. The largest absolute Gasteiger partial charge is 0.460 e. The molecule has 0 bridgehead atoms. The molecule has 15 heteroatoms. The molecule has 0 saturated carbocycles. The summed E-state index contributed by atoms with van der Waals surface area (Å²) >= 11 is 0. The number of nitrogens with two attached hydrogens (primary N) is 1. The average molecular weight is 625 g/mol. The lowest BCUT2D eigenvalue weighted by molar-refractivity contribution is -0.146. The number of nitrogens with one attached hydrogen (secondary N) is 1. The highest BCUT2D eigenvalue weighted by Crippen LogP contribution is 2.28. The molecule has 13 nitrogen and oxygen atoms in total. The second-order valence-electron chi connectivity index (χ2n) is 10.6. The number of nitrogens with zero attached hydrogens (tertiary/aromatic N) is 6. The Kier molecular flexibility index (Phi) is 9.27. The molecule has 1 saturated heterocycles.